The second kappa shape index (κ2) is 4.28. The maximum Gasteiger partial charge on any atom is 0.207 e. The van der Waals surface area contributed by atoms with Crippen LogP contribution in [-0.4, -0.2) is 19.9 Å². The van der Waals surface area contributed by atoms with Crippen LogP contribution in [0.25, 0.3) is 17.3 Å². The Morgan fingerprint density at radius 2 is 2.05 bits per heavy atom. The Morgan fingerprint density at radius 3 is 2.90 bits per heavy atom. The molecule has 3 aromatic rings. The molecule has 6 nitrogen and oxygen atoms in total. The highest BCUT2D eigenvalue weighted by Crippen LogP contribution is 2.28. The van der Waals surface area contributed by atoms with E-state index in [4.69, 9.17) is 9.26 Å². The van der Waals surface area contributed by atoms with Gasteiger partial charge in [0.15, 0.2) is 5.82 Å². The van der Waals surface area contributed by atoms with Crippen molar-refractivity contribution in [1.82, 2.24) is 19.9 Å². The molecule has 0 radical (unpaired) electrons. The molecule has 0 amide bonds. The number of aromatic nitrogens is 4. The summed E-state index contributed by atoms with van der Waals surface area (Å²) in [4.78, 5) is 0. The van der Waals surface area contributed by atoms with Crippen LogP contribution in [0.1, 0.15) is 17.1 Å². The molecule has 0 N–H and O–H groups in total. The summed E-state index contributed by atoms with van der Waals surface area (Å²) in [6.07, 6.45) is 0. The van der Waals surface area contributed by atoms with Gasteiger partial charge in [-0.2, -0.15) is 0 Å². The lowest BCUT2D eigenvalue weighted by atomic mass is 10.2. The fourth-order valence-electron chi connectivity index (χ4n) is 2.40. The lowest BCUT2D eigenvalue weighted by Gasteiger charge is -2.08. The maximum absolute atomic E-state index is 5.63. The van der Waals surface area contributed by atoms with E-state index in [0.29, 0.717) is 24.8 Å². The Morgan fingerprint density at radius 1 is 1.15 bits per heavy atom. The van der Waals surface area contributed by atoms with Crippen LogP contribution in [0.15, 0.2) is 34.9 Å². The summed E-state index contributed by atoms with van der Waals surface area (Å²) >= 11 is 0. The van der Waals surface area contributed by atoms with Crippen molar-refractivity contribution in [2.75, 3.05) is 0 Å². The first-order valence-corrected chi connectivity index (χ1v) is 6.37. The van der Waals surface area contributed by atoms with Gasteiger partial charge in [0.25, 0.3) is 0 Å². The van der Waals surface area contributed by atoms with Crippen molar-refractivity contribution in [3.8, 4) is 17.3 Å². The van der Waals surface area contributed by atoms with Gasteiger partial charge >= 0.3 is 0 Å². The van der Waals surface area contributed by atoms with Crippen molar-refractivity contribution >= 4 is 0 Å². The van der Waals surface area contributed by atoms with Crippen LogP contribution in [0.5, 0.6) is 0 Å². The molecule has 0 bridgehead atoms. The first-order chi connectivity index (χ1) is 9.83. The van der Waals surface area contributed by atoms with Gasteiger partial charge < -0.3 is 9.26 Å². The molecule has 20 heavy (non-hydrogen) atoms. The van der Waals surface area contributed by atoms with E-state index in [1.807, 2.05) is 41.8 Å². The van der Waals surface area contributed by atoms with Crippen molar-refractivity contribution in [2.45, 2.75) is 20.1 Å². The fourth-order valence-corrected chi connectivity index (χ4v) is 2.40. The standard InChI is InChI=1S/C14H12N4O2/c1-9-6-12(20-17-9)14-16-15-13-8-19-7-10-4-2-3-5-11(10)18(13)14/h2-6H,7-8H2,1H3. The van der Waals surface area contributed by atoms with E-state index >= 15 is 0 Å². The normalized spacial score (nSPS) is 13.7. The van der Waals surface area contributed by atoms with Crippen molar-refractivity contribution in [2.24, 2.45) is 0 Å². The molecule has 0 saturated carbocycles. The molecule has 0 aliphatic carbocycles. The molecule has 0 saturated heterocycles. The smallest absolute Gasteiger partial charge is 0.207 e. The van der Waals surface area contributed by atoms with Crippen LogP contribution in [-0.2, 0) is 18.0 Å². The van der Waals surface area contributed by atoms with E-state index in [-0.39, 0.29) is 0 Å². The Hall–Kier alpha value is -2.47. The third-order valence-electron chi connectivity index (χ3n) is 3.30. The number of ether oxygens (including phenoxy) is 1. The first-order valence-electron chi connectivity index (χ1n) is 6.37. The quantitative estimate of drug-likeness (QED) is 0.677. The molecule has 0 spiro atoms. The van der Waals surface area contributed by atoms with E-state index in [9.17, 15) is 0 Å². The molecule has 0 atom stereocenters. The van der Waals surface area contributed by atoms with Gasteiger partial charge in [-0.15, -0.1) is 10.2 Å². The zero-order valence-corrected chi connectivity index (χ0v) is 10.9. The fraction of sp³-hybridized carbons (Fsp3) is 0.214. The number of fused-ring (bicyclic) bond motifs is 3. The predicted molar refractivity (Wildman–Crippen MR) is 70.1 cm³/mol. The largest absolute Gasteiger partial charge is 0.369 e. The van der Waals surface area contributed by atoms with E-state index in [1.165, 1.54) is 0 Å². The predicted octanol–water partition coefficient (Wildman–Crippen LogP) is 2.26. The molecule has 100 valence electrons. The highest BCUT2D eigenvalue weighted by Gasteiger charge is 2.22. The van der Waals surface area contributed by atoms with Gasteiger partial charge in [0.05, 0.1) is 18.0 Å². The molecular weight excluding hydrogens is 256 g/mol. The molecule has 0 unspecified atom stereocenters. The second-order valence-electron chi connectivity index (χ2n) is 4.73. The second-order valence-corrected chi connectivity index (χ2v) is 4.73. The average Bonchev–Trinajstić information content (AvgIpc) is 3.01. The third kappa shape index (κ3) is 1.65. The van der Waals surface area contributed by atoms with Gasteiger partial charge in [-0.25, -0.2) is 0 Å². The SMILES string of the molecule is Cc1cc(-c2nnc3n2-c2ccccc2COC3)on1. The molecule has 2 aromatic heterocycles. The zero-order chi connectivity index (χ0) is 13.5. The van der Waals surface area contributed by atoms with E-state index in [0.717, 1.165) is 22.8 Å². The van der Waals surface area contributed by atoms with Gasteiger partial charge in [0, 0.05) is 11.6 Å². The van der Waals surface area contributed by atoms with Crippen molar-refractivity contribution in [1.29, 1.82) is 0 Å². The lowest BCUT2D eigenvalue weighted by Crippen LogP contribution is -2.02. The number of rotatable bonds is 1. The van der Waals surface area contributed by atoms with Crippen LogP contribution in [0.2, 0.25) is 0 Å². The number of nitrogens with zero attached hydrogens (tertiary/aromatic N) is 4. The Balaban J connectivity index is 1.97. The summed E-state index contributed by atoms with van der Waals surface area (Å²) < 4.78 is 12.9. The number of hydrogen-bond donors (Lipinski definition) is 0. The topological polar surface area (TPSA) is 66.0 Å². The Labute approximate surface area is 115 Å². The summed E-state index contributed by atoms with van der Waals surface area (Å²) in [5.41, 5.74) is 2.94. The van der Waals surface area contributed by atoms with E-state index in [1.54, 1.807) is 0 Å². The van der Waals surface area contributed by atoms with Crippen molar-refractivity contribution in [3.05, 3.63) is 47.4 Å². The molecule has 3 heterocycles. The van der Waals surface area contributed by atoms with Crippen molar-refractivity contribution < 1.29 is 9.26 Å². The lowest BCUT2D eigenvalue weighted by molar-refractivity contribution is 0.105. The van der Waals surface area contributed by atoms with Gasteiger partial charge in [-0.05, 0) is 13.0 Å². The average molecular weight is 268 g/mol. The molecule has 6 heteroatoms. The highest BCUT2D eigenvalue weighted by atomic mass is 16.5. The number of benzene rings is 1. The van der Waals surface area contributed by atoms with Crippen LogP contribution in [0.4, 0.5) is 0 Å². The molecule has 0 fully saturated rings. The minimum Gasteiger partial charge on any atom is -0.369 e. The van der Waals surface area contributed by atoms with Crippen molar-refractivity contribution in [3.63, 3.8) is 0 Å². The zero-order valence-electron chi connectivity index (χ0n) is 10.9. The summed E-state index contributed by atoms with van der Waals surface area (Å²) in [6, 6.07) is 9.91. The highest BCUT2D eigenvalue weighted by molar-refractivity contribution is 5.55. The van der Waals surface area contributed by atoms with Crippen LogP contribution in [0.3, 0.4) is 0 Å². The van der Waals surface area contributed by atoms with Gasteiger partial charge in [0.1, 0.15) is 6.61 Å². The number of para-hydroxylation sites is 1. The van der Waals surface area contributed by atoms with Gasteiger partial charge in [0.2, 0.25) is 11.6 Å². The van der Waals surface area contributed by atoms with E-state index < -0.39 is 0 Å². The monoisotopic (exact) mass is 268 g/mol. The third-order valence-corrected chi connectivity index (χ3v) is 3.30. The van der Waals surface area contributed by atoms with Crippen LogP contribution < -0.4 is 0 Å². The summed E-state index contributed by atoms with van der Waals surface area (Å²) in [5.74, 6) is 2.02. The molecule has 1 aliphatic heterocycles. The van der Waals surface area contributed by atoms with Gasteiger partial charge in [-0.1, -0.05) is 23.4 Å². The first kappa shape index (κ1) is 11.4. The Kier molecular flexibility index (Phi) is 2.43. The maximum atomic E-state index is 5.63. The summed E-state index contributed by atoms with van der Waals surface area (Å²) in [6.45, 7) is 2.87. The molecular formula is C14H12N4O2. The summed E-state index contributed by atoms with van der Waals surface area (Å²) in [7, 11) is 0. The molecule has 1 aromatic carbocycles. The minimum atomic E-state index is 0.425. The Bertz CT molecular complexity index is 775. The van der Waals surface area contributed by atoms with Gasteiger partial charge in [-0.3, -0.25) is 4.57 Å². The van der Waals surface area contributed by atoms with E-state index in [2.05, 4.69) is 15.4 Å². The van der Waals surface area contributed by atoms with Crippen LogP contribution >= 0.6 is 0 Å². The summed E-state index contributed by atoms with van der Waals surface area (Å²) in [5, 5.41) is 12.3. The van der Waals surface area contributed by atoms with Crippen LogP contribution in [0, 0.1) is 6.92 Å². The molecule has 1 aliphatic rings. The molecule has 4 rings (SSSR count). The number of aryl methyl sites for hydroxylation is 1. The minimum absolute atomic E-state index is 0.425. The number of hydrogen-bond acceptors (Lipinski definition) is 5.